The minimum absolute atomic E-state index is 0.263. The van der Waals surface area contributed by atoms with Crippen LogP contribution in [0.3, 0.4) is 0 Å². The van der Waals surface area contributed by atoms with Crippen LogP contribution in [0.4, 0.5) is 10.2 Å². The SMILES string of the molecule is CC1=CC(Nc2nc(C(O)c3ccc(F)cc3)nc3ccsc23)=NC1. The third kappa shape index (κ3) is 3.16. The molecule has 0 fully saturated rings. The van der Waals surface area contributed by atoms with E-state index in [2.05, 4.69) is 20.3 Å². The molecule has 0 bridgehead atoms. The summed E-state index contributed by atoms with van der Waals surface area (Å²) >= 11 is 1.52. The number of nitrogens with one attached hydrogen (secondary N) is 1. The number of halogens is 1. The van der Waals surface area contributed by atoms with Gasteiger partial charge in [-0.3, -0.25) is 4.99 Å². The zero-order valence-corrected chi connectivity index (χ0v) is 14.2. The van der Waals surface area contributed by atoms with Crippen LogP contribution in [0, 0.1) is 5.82 Å². The van der Waals surface area contributed by atoms with Gasteiger partial charge in [-0.2, -0.15) is 0 Å². The summed E-state index contributed by atoms with van der Waals surface area (Å²) in [4.78, 5) is 13.3. The highest BCUT2D eigenvalue weighted by atomic mass is 32.1. The molecule has 1 unspecified atom stereocenters. The van der Waals surface area contributed by atoms with Crippen molar-refractivity contribution in [2.45, 2.75) is 13.0 Å². The number of rotatable bonds is 3. The van der Waals surface area contributed by atoms with Crippen LogP contribution >= 0.6 is 11.3 Å². The number of benzene rings is 1. The Labute approximate surface area is 147 Å². The second-order valence-corrected chi connectivity index (χ2v) is 6.75. The van der Waals surface area contributed by atoms with E-state index in [0.717, 1.165) is 16.1 Å². The van der Waals surface area contributed by atoms with Gasteiger partial charge in [-0.05, 0) is 47.7 Å². The molecule has 25 heavy (non-hydrogen) atoms. The van der Waals surface area contributed by atoms with E-state index >= 15 is 0 Å². The van der Waals surface area contributed by atoms with Crippen LogP contribution in [0.1, 0.15) is 24.4 Å². The summed E-state index contributed by atoms with van der Waals surface area (Å²) in [5.41, 5.74) is 2.46. The second-order valence-electron chi connectivity index (χ2n) is 5.84. The number of hydrogen-bond donors (Lipinski definition) is 2. The largest absolute Gasteiger partial charge is 0.380 e. The molecule has 1 atom stereocenters. The molecule has 0 amide bonds. The molecule has 2 N–H and O–H groups in total. The first-order chi connectivity index (χ1) is 12.1. The Bertz CT molecular complexity index is 994. The molecule has 1 aromatic carbocycles. The minimum atomic E-state index is -1.03. The lowest BCUT2D eigenvalue weighted by Crippen LogP contribution is -2.12. The van der Waals surface area contributed by atoms with E-state index < -0.39 is 6.10 Å². The van der Waals surface area contributed by atoms with E-state index in [0.29, 0.717) is 17.9 Å². The van der Waals surface area contributed by atoms with Gasteiger partial charge in [0.05, 0.1) is 16.8 Å². The second kappa shape index (κ2) is 6.34. The van der Waals surface area contributed by atoms with Crippen LogP contribution in [0.5, 0.6) is 0 Å². The highest BCUT2D eigenvalue weighted by Gasteiger charge is 2.18. The minimum Gasteiger partial charge on any atom is -0.380 e. The van der Waals surface area contributed by atoms with Crippen LogP contribution in [0.2, 0.25) is 0 Å². The Morgan fingerprint density at radius 2 is 2.00 bits per heavy atom. The Kier molecular flexibility index (Phi) is 4.03. The summed E-state index contributed by atoms with van der Waals surface area (Å²) in [6.45, 7) is 2.69. The van der Waals surface area contributed by atoms with Crippen LogP contribution in [-0.4, -0.2) is 27.5 Å². The van der Waals surface area contributed by atoms with Gasteiger partial charge < -0.3 is 10.4 Å². The van der Waals surface area contributed by atoms with Gasteiger partial charge in [-0.1, -0.05) is 12.1 Å². The topological polar surface area (TPSA) is 70.4 Å². The molecule has 0 spiro atoms. The Hall–Kier alpha value is -2.64. The lowest BCUT2D eigenvalue weighted by Gasteiger charge is -2.12. The number of aliphatic hydroxyl groups is 1. The smallest absolute Gasteiger partial charge is 0.164 e. The number of aliphatic hydroxyl groups excluding tert-OH is 1. The van der Waals surface area contributed by atoms with Gasteiger partial charge in [0.1, 0.15) is 17.8 Å². The highest BCUT2D eigenvalue weighted by molar-refractivity contribution is 7.17. The fraction of sp³-hybridized carbons (Fsp3) is 0.167. The molecule has 4 rings (SSSR count). The maximum absolute atomic E-state index is 13.1. The molecule has 0 radical (unpaired) electrons. The number of hydrogen-bond acceptors (Lipinski definition) is 6. The summed E-state index contributed by atoms with van der Waals surface area (Å²) in [5.74, 6) is 1.27. The average Bonchev–Trinajstić information content (AvgIpc) is 3.23. The standard InChI is InChI=1S/C18H15FN4OS/c1-10-8-14(20-9-10)22-18-16-13(6-7-25-16)21-17(23-18)15(24)11-2-4-12(19)5-3-11/h2-8,15,24H,9H2,1H3,(H,20,21,22,23). The molecular formula is C18H15FN4OS. The third-order valence-corrected chi connectivity index (χ3v) is 4.79. The highest BCUT2D eigenvalue weighted by Crippen LogP contribution is 2.29. The van der Waals surface area contributed by atoms with Crippen molar-refractivity contribution < 1.29 is 9.50 Å². The molecule has 1 aliphatic heterocycles. The maximum atomic E-state index is 13.1. The molecule has 0 aliphatic carbocycles. The van der Waals surface area contributed by atoms with Crippen LogP contribution in [-0.2, 0) is 0 Å². The van der Waals surface area contributed by atoms with Gasteiger partial charge >= 0.3 is 0 Å². The molecule has 5 nitrogen and oxygen atoms in total. The number of fused-ring (bicyclic) bond motifs is 1. The number of nitrogens with zero attached hydrogens (tertiary/aromatic N) is 3. The normalized spacial score (nSPS) is 15.2. The van der Waals surface area contributed by atoms with Gasteiger partial charge in [0.15, 0.2) is 11.6 Å². The molecule has 2 aromatic heterocycles. The Morgan fingerprint density at radius 1 is 1.20 bits per heavy atom. The first-order valence-electron chi connectivity index (χ1n) is 7.77. The summed E-state index contributed by atoms with van der Waals surface area (Å²) in [7, 11) is 0. The summed E-state index contributed by atoms with van der Waals surface area (Å²) in [6.07, 6.45) is 0.936. The van der Waals surface area contributed by atoms with E-state index in [9.17, 15) is 9.50 Å². The van der Waals surface area contributed by atoms with E-state index in [1.807, 2.05) is 24.4 Å². The van der Waals surface area contributed by atoms with E-state index in [1.165, 1.54) is 41.2 Å². The predicted octanol–water partition coefficient (Wildman–Crippen LogP) is 3.68. The van der Waals surface area contributed by atoms with Gasteiger partial charge in [0.2, 0.25) is 0 Å². The molecule has 3 aromatic rings. The average molecular weight is 354 g/mol. The van der Waals surface area contributed by atoms with Crippen molar-refractivity contribution >= 4 is 33.2 Å². The van der Waals surface area contributed by atoms with Gasteiger partial charge in [0, 0.05) is 0 Å². The van der Waals surface area contributed by atoms with Crippen LogP contribution in [0.15, 0.2) is 52.4 Å². The number of anilines is 1. The Morgan fingerprint density at radius 3 is 2.72 bits per heavy atom. The monoisotopic (exact) mass is 354 g/mol. The lowest BCUT2D eigenvalue weighted by atomic mass is 10.1. The van der Waals surface area contributed by atoms with E-state index in [4.69, 9.17) is 0 Å². The summed E-state index contributed by atoms with van der Waals surface area (Å²) in [6, 6.07) is 7.55. The Balaban J connectivity index is 1.73. The zero-order chi connectivity index (χ0) is 17.4. The first-order valence-corrected chi connectivity index (χ1v) is 8.65. The van der Waals surface area contributed by atoms with Gasteiger partial charge in [-0.25, -0.2) is 14.4 Å². The first kappa shape index (κ1) is 15.9. The third-order valence-electron chi connectivity index (χ3n) is 3.88. The predicted molar refractivity (Wildman–Crippen MR) is 97.6 cm³/mol. The maximum Gasteiger partial charge on any atom is 0.164 e. The van der Waals surface area contributed by atoms with Crippen molar-refractivity contribution in [3.05, 3.63) is 64.6 Å². The number of amidine groups is 1. The molecule has 0 saturated carbocycles. The fourth-order valence-electron chi connectivity index (χ4n) is 2.61. The van der Waals surface area contributed by atoms with Gasteiger partial charge in [0.25, 0.3) is 0 Å². The van der Waals surface area contributed by atoms with E-state index in [1.54, 1.807) is 0 Å². The van der Waals surface area contributed by atoms with Crippen LogP contribution < -0.4 is 5.32 Å². The molecular weight excluding hydrogens is 339 g/mol. The van der Waals surface area contributed by atoms with Crippen molar-refractivity contribution in [1.82, 2.24) is 9.97 Å². The molecule has 0 saturated heterocycles. The zero-order valence-electron chi connectivity index (χ0n) is 13.4. The van der Waals surface area contributed by atoms with Crippen molar-refractivity contribution in [2.75, 3.05) is 11.9 Å². The summed E-state index contributed by atoms with van der Waals surface area (Å²) in [5, 5.41) is 15.7. The van der Waals surface area contributed by atoms with Gasteiger partial charge in [-0.15, -0.1) is 11.3 Å². The molecule has 7 heteroatoms. The van der Waals surface area contributed by atoms with Crippen LogP contribution in [0.25, 0.3) is 10.2 Å². The van der Waals surface area contributed by atoms with Crippen molar-refractivity contribution in [1.29, 1.82) is 0 Å². The van der Waals surface area contributed by atoms with Crippen molar-refractivity contribution in [3.63, 3.8) is 0 Å². The molecule has 126 valence electrons. The fourth-order valence-corrected chi connectivity index (χ4v) is 3.39. The molecule has 3 heterocycles. The van der Waals surface area contributed by atoms with E-state index in [-0.39, 0.29) is 11.6 Å². The number of aromatic nitrogens is 2. The van der Waals surface area contributed by atoms with Crippen molar-refractivity contribution in [2.24, 2.45) is 4.99 Å². The summed E-state index contributed by atoms with van der Waals surface area (Å²) < 4.78 is 14.0. The lowest BCUT2D eigenvalue weighted by molar-refractivity contribution is 0.210. The number of aliphatic imine (C=N–C) groups is 1. The molecule has 1 aliphatic rings. The quantitative estimate of drug-likeness (QED) is 0.753. The van der Waals surface area contributed by atoms with Crippen molar-refractivity contribution in [3.8, 4) is 0 Å². The number of thiophene rings is 1.